The van der Waals surface area contributed by atoms with E-state index in [2.05, 4.69) is 201 Å². The number of hydrogen-bond acceptors (Lipinski definition) is 0. The van der Waals surface area contributed by atoms with E-state index in [4.69, 9.17) is 6.58 Å². The van der Waals surface area contributed by atoms with Crippen LogP contribution in [-0.4, -0.2) is 9.13 Å². The first-order chi connectivity index (χ1) is 28.9. The Morgan fingerprint density at radius 1 is 0.576 bits per heavy atom. The number of allylic oxidation sites excluding steroid dienone is 6. The maximum Gasteiger partial charge on any atom is 0.0579 e. The molecule has 0 fully saturated rings. The average Bonchev–Trinajstić information content (AvgIpc) is 3.79. The van der Waals surface area contributed by atoms with Gasteiger partial charge in [-0.1, -0.05) is 161 Å². The van der Waals surface area contributed by atoms with Crippen molar-refractivity contribution in [1.29, 1.82) is 0 Å². The van der Waals surface area contributed by atoms with Gasteiger partial charge in [-0.05, 0) is 123 Å². The van der Waals surface area contributed by atoms with E-state index in [1.165, 1.54) is 99.7 Å². The molecular formula is C57H50N2. The van der Waals surface area contributed by atoms with Crippen LogP contribution in [0.4, 0.5) is 0 Å². The van der Waals surface area contributed by atoms with Crippen molar-refractivity contribution in [1.82, 2.24) is 9.13 Å². The van der Waals surface area contributed by atoms with Crippen LogP contribution in [0, 0.1) is 11.8 Å². The predicted octanol–water partition coefficient (Wildman–Crippen LogP) is 15.3. The Balaban J connectivity index is 1.21. The number of nitrogens with zero attached hydrogens (tertiary/aromatic N) is 2. The summed E-state index contributed by atoms with van der Waals surface area (Å²) in [6.07, 6.45) is 13.6. The Hall–Kier alpha value is -6.38. The van der Waals surface area contributed by atoms with Crippen LogP contribution in [0.2, 0.25) is 0 Å². The Labute approximate surface area is 348 Å². The van der Waals surface area contributed by atoms with Crippen molar-refractivity contribution < 1.29 is 0 Å². The van der Waals surface area contributed by atoms with Crippen molar-refractivity contribution in [3.05, 3.63) is 198 Å². The molecule has 2 heteroatoms. The number of rotatable bonds is 4. The molecule has 2 bridgehead atoms. The molecule has 3 aliphatic carbocycles. The first-order valence-electron chi connectivity index (χ1n) is 21.6. The third-order valence-corrected chi connectivity index (χ3v) is 14.4. The fraction of sp³-hybridized carbons (Fsp3) is 0.193. The van der Waals surface area contributed by atoms with Crippen molar-refractivity contribution in [2.24, 2.45) is 11.8 Å². The zero-order valence-electron chi connectivity index (χ0n) is 34.5. The average molecular weight is 763 g/mol. The van der Waals surface area contributed by atoms with E-state index in [-0.39, 0.29) is 17.9 Å². The van der Waals surface area contributed by atoms with Gasteiger partial charge >= 0.3 is 0 Å². The Kier molecular flexibility index (Phi) is 8.41. The number of para-hydroxylation sites is 1. The van der Waals surface area contributed by atoms with E-state index in [0.717, 1.165) is 12.8 Å². The number of aromatic nitrogens is 2. The fourth-order valence-corrected chi connectivity index (χ4v) is 10.8. The molecule has 2 aromatic heterocycles. The molecule has 6 aromatic carbocycles. The maximum absolute atomic E-state index is 5.07. The van der Waals surface area contributed by atoms with Crippen molar-refractivity contribution >= 4 is 44.4 Å². The third-order valence-electron chi connectivity index (χ3n) is 14.4. The summed E-state index contributed by atoms with van der Waals surface area (Å²) in [6.45, 7) is 15.0. The standard InChI is InChI=1S/C57H50N2/c1-35-37(3)47-34-52-49-31-43(41-20-12-7-13-21-41)27-29-54(49)59(46-24-16-9-17-25-46)57(52)55-38(4)36(2)44(32-50(47)55)33-51-48-30-42(40-18-10-6-11-19-40)26-28-53(48)58(56(51)39(35)5)45-22-14-8-15-23-45/h6-22,24-31,33-38,45H,5,23,32H2,1-4H3/b44-33+. The molecule has 0 spiro atoms. The molecule has 0 aliphatic heterocycles. The van der Waals surface area contributed by atoms with Gasteiger partial charge in [0.05, 0.1) is 22.8 Å². The van der Waals surface area contributed by atoms with E-state index in [1.807, 2.05) is 0 Å². The van der Waals surface area contributed by atoms with Gasteiger partial charge in [-0.15, -0.1) is 0 Å². The summed E-state index contributed by atoms with van der Waals surface area (Å²) in [6, 6.07) is 49.8. The number of fused-ring (bicyclic) bond motifs is 8. The number of hydrogen-bond donors (Lipinski definition) is 0. The minimum atomic E-state index is 0.196. The van der Waals surface area contributed by atoms with Gasteiger partial charge in [0.1, 0.15) is 0 Å². The van der Waals surface area contributed by atoms with Crippen LogP contribution in [0.3, 0.4) is 0 Å². The number of benzene rings is 6. The van der Waals surface area contributed by atoms with Gasteiger partial charge in [0, 0.05) is 32.9 Å². The van der Waals surface area contributed by atoms with E-state index >= 15 is 0 Å². The monoisotopic (exact) mass is 762 g/mol. The van der Waals surface area contributed by atoms with Gasteiger partial charge in [0.15, 0.2) is 0 Å². The summed E-state index contributed by atoms with van der Waals surface area (Å²) in [5, 5.41) is 3.99. The summed E-state index contributed by atoms with van der Waals surface area (Å²) < 4.78 is 5.20. The van der Waals surface area contributed by atoms with Crippen molar-refractivity contribution in [3.63, 3.8) is 0 Å². The summed E-state index contributed by atoms with van der Waals surface area (Å²) in [5.74, 6) is 1.08. The molecule has 0 saturated heterocycles. The highest BCUT2D eigenvalue weighted by Gasteiger charge is 2.37. The van der Waals surface area contributed by atoms with Gasteiger partial charge in [-0.3, -0.25) is 0 Å². The normalized spacial score (nSPS) is 22.1. The lowest BCUT2D eigenvalue weighted by atomic mass is 9.68. The van der Waals surface area contributed by atoms with Crippen molar-refractivity contribution in [3.8, 4) is 27.9 Å². The second kappa shape index (κ2) is 13.9. The predicted molar refractivity (Wildman–Crippen MR) is 251 cm³/mol. The van der Waals surface area contributed by atoms with Gasteiger partial charge in [0.25, 0.3) is 0 Å². The molecule has 0 amide bonds. The molecule has 2 heterocycles. The molecule has 8 aromatic rings. The lowest BCUT2D eigenvalue weighted by Gasteiger charge is -2.37. The van der Waals surface area contributed by atoms with Crippen LogP contribution in [-0.2, 0) is 6.42 Å². The van der Waals surface area contributed by atoms with Crippen molar-refractivity contribution in [2.45, 2.75) is 58.4 Å². The second-order valence-corrected chi connectivity index (χ2v) is 17.4. The van der Waals surface area contributed by atoms with Gasteiger partial charge < -0.3 is 9.13 Å². The van der Waals surface area contributed by atoms with Crippen LogP contribution in [0.25, 0.3) is 72.3 Å². The van der Waals surface area contributed by atoms with Crippen LogP contribution < -0.4 is 0 Å². The molecule has 11 rings (SSSR count). The SMILES string of the molecule is C=C1c2c(c3cc(-c4ccccc4)ccc3n2C2C=CC=CC2)/C=C2\Cc3c(cc4c5cc(-c6ccccc6)ccc5n(-c5ccccc5)c4c3C(C)C2C)C(C)C1C. The largest absolute Gasteiger partial charge is 0.333 e. The lowest BCUT2D eigenvalue weighted by molar-refractivity contribution is 0.519. The molecule has 2 nitrogen and oxygen atoms in total. The molecule has 59 heavy (non-hydrogen) atoms. The Bertz CT molecular complexity index is 3060. The summed E-state index contributed by atoms with van der Waals surface area (Å²) in [4.78, 5) is 0. The Morgan fingerprint density at radius 3 is 1.88 bits per heavy atom. The third kappa shape index (κ3) is 5.53. The second-order valence-electron chi connectivity index (χ2n) is 17.4. The van der Waals surface area contributed by atoms with Crippen LogP contribution in [0.1, 0.15) is 79.9 Å². The molecule has 0 radical (unpaired) electrons. The molecule has 5 atom stereocenters. The first kappa shape index (κ1) is 35.8. The highest BCUT2D eigenvalue weighted by molar-refractivity contribution is 6.12. The highest BCUT2D eigenvalue weighted by atomic mass is 15.0. The van der Waals surface area contributed by atoms with Crippen LogP contribution in [0.15, 0.2) is 170 Å². The molecule has 3 aliphatic rings. The quantitative estimate of drug-likeness (QED) is 0.169. The van der Waals surface area contributed by atoms with Crippen LogP contribution in [0.5, 0.6) is 0 Å². The van der Waals surface area contributed by atoms with E-state index < -0.39 is 0 Å². The van der Waals surface area contributed by atoms with Crippen molar-refractivity contribution in [2.75, 3.05) is 0 Å². The van der Waals surface area contributed by atoms with Gasteiger partial charge in [-0.25, -0.2) is 0 Å². The topological polar surface area (TPSA) is 9.86 Å². The smallest absolute Gasteiger partial charge is 0.0579 e. The molecule has 5 unspecified atom stereocenters. The zero-order chi connectivity index (χ0) is 39.9. The van der Waals surface area contributed by atoms with Gasteiger partial charge in [-0.2, -0.15) is 0 Å². The van der Waals surface area contributed by atoms with E-state index in [0.29, 0.717) is 11.8 Å². The summed E-state index contributed by atoms with van der Waals surface area (Å²) in [5.41, 5.74) is 20.0. The molecule has 288 valence electrons. The summed E-state index contributed by atoms with van der Waals surface area (Å²) >= 11 is 0. The minimum absolute atomic E-state index is 0.196. The van der Waals surface area contributed by atoms with Gasteiger partial charge in [0.2, 0.25) is 0 Å². The van der Waals surface area contributed by atoms with E-state index in [9.17, 15) is 0 Å². The lowest BCUT2D eigenvalue weighted by Crippen LogP contribution is -2.24. The highest BCUT2D eigenvalue weighted by Crippen LogP contribution is 2.53. The minimum Gasteiger partial charge on any atom is -0.333 e. The maximum atomic E-state index is 5.07. The summed E-state index contributed by atoms with van der Waals surface area (Å²) in [7, 11) is 0. The molecule has 0 N–H and O–H groups in total. The van der Waals surface area contributed by atoms with E-state index in [1.54, 1.807) is 0 Å². The fourth-order valence-electron chi connectivity index (χ4n) is 10.8. The zero-order valence-corrected chi connectivity index (χ0v) is 34.5. The first-order valence-corrected chi connectivity index (χ1v) is 21.6. The van der Waals surface area contributed by atoms with Crippen LogP contribution >= 0.6 is 0 Å². The Morgan fingerprint density at radius 2 is 1.22 bits per heavy atom. The molecule has 0 saturated carbocycles. The molecular weight excluding hydrogens is 713 g/mol.